The molecule has 23 heavy (non-hydrogen) atoms. The molecular weight excluding hydrogens is 290 g/mol. The van der Waals surface area contributed by atoms with Crippen LogP contribution in [0, 0.1) is 0 Å². The van der Waals surface area contributed by atoms with Gasteiger partial charge in [0.05, 0.1) is 5.92 Å². The van der Waals surface area contributed by atoms with Crippen molar-refractivity contribution in [2.24, 2.45) is 0 Å². The number of anilines is 1. The van der Waals surface area contributed by atoms with Crippen LogP contribution in [0.5, 0.6) is 0 Å². The molecule has 1 aromatic heterocycles. The van der Waals surface area contributed by atoms with E-state index in [2.05, 4.69) is 33.2 Å². The summed E-state index contributed by atoms with van der Waals surface area (Å²) in [6.45, 7) is 2.61. The standard InChI is InChI=1S/C17H21N5O/c1-21-10-14(16-18-11-19-20-16)13-9-12(5-6-15(13)21)17(23)22-7-3-2-4-8-22/h5-6,9,11,14H,2-4,7-8,10H2,1H3,(H,18,19,20). The van der Waals surface area contributed by atoms with Crippen LogP contribution in [-0.4, -0.2) is 52.7 Å². The molecule has 3 heterocycles. The number of hydrogen-bond acceptors (Lipinski definition) is 4. The van der Waals surface area contributed by atoms with Gasteiger partial charge in [0, 0.05) is 37.9 Å². The van der Waals surface area contributed by atoms with Crippen molar-refractivity contribution in [3.05, 3.63) is 41.5 Å². The summed E-state index contributed by atoms with van der Waals surface area (Å²) in [6.07, 6.45) is 4.99. The molecule has 1 amide bonds. The summed E-state index contributed by atoms with van der Waals surface area (Å²) >= 11 is 0. The molecular formula is C17H21N5O. The molecule has 1 aromatic carbocycles. The van der Waals surface area contributed by atoms with Crippen LogP contribution in [0.4, 0.5) is 5.69 Å². The third-order valence-corrected chi connectivity index (χ3v) is 4.92. The molecule has 2 aliphatic heterocycles. The minimum Gasteiger partial charge on any atom is -0.373 e. The second-order valence-corrected chi connectivity index (χ2v) is 6.43. The van der Waals surface area contributed by atoms with Gasteiger partial charge in [0.15, 0.2) is 0 Å². The molecule has 2 aromatic rings. The van der Waals surface area contributed by atoms with Crippen molar-refractivity contribution >= 4 is 11.6 Å². The smallest absolute Gasteiger partial charge is 0.253 e. The number of rotatable bonds is 2. The molecule has 2 aliphatic rings. The largest absolute Gasteiger partial charge is 0.373 e. The summed E-state index contributed by atoms with van der Waals surface area (Å²) in [5.74, 6) is 1.16. The number of likely N-dealkylation sites (tertiary alicyclic amines) is 1. The molecule has 1 fully saturated rings. The maximum absolute atomic E-state index is 12.8. The van der Waals surface area contributed by atoms with Gasteiger partial charge in [-0.25, -0.2) is 4.98 Å². The predicted octanol–water partition coefficient (Wildman–Crippen LogP) is 2.01. The molecule has 1 atom stereocenters. The van der Waals surface area contributed by atoms with Crippen molar-refractivity contribution < 1.29 is 4.79 Å². The zero-order chi connectivity index (χ0) is 15.8. The second-order valence-electron chi connectivity index (χ2n) is 6.43. The summed E-state index contributed by atoms with van der Waals surface area (Å²) in [4.78, 5) is 21.2. The van der Waals surface area contributed by atoms with Crippen LogP contribution in [-0.2, 0) is 0 Å². The number of fused-ring (bicyclic) bond motifs is 1. The minimum atomic E-state index is 0.145. The lowest BCUT2D eigenvalue weighted by atomic mass is 9.98. The van der Waals surface area contributed by atoms with E-state index in [-0.39, 0.29) is 11.8 Å². The van der Waals surface area contributed by atoms with Crippen LogP contribution >= 0.6 is 0 Å². The Labute approximate surface area is 135 Å². The number of nitrogens with zero attached hydrogens (tertiary/aromatic N) is 4. The van der Waals surface area contributed by atoms with E-state index < -0.39 is 0 Å². The number of piperidine rings is 1. The van der Waals surface area contributed by atoms with Crippen molar-refractivity contribution in [3.63, 3.8) is 0 Å². The lowest BCUT2D eigenvalue weighted by Crippen LogP contribution is -2.35. The topological polar surface area (TPSA) is 65.1 Å². The third-order valence-electron chi connectivity index (χ3n) is 4.92. The fraction of sp³-hybridized carbons (Fsp3) is 0.471. The average Bonchev–Trinajstić information content (AvgIpc) is 3.23. The van der Waals surface area contributed by atoms with Crippen LogP contribution in [0.25, 0.3) is 0 Å². The Kier molecular flexibility index (Phi) is 3.52. The highest BCUT2D eigenvalue weighted by Gasteiger charge is 2.31. The van der Waals surface area contributed by atoms with Gasteiger partial charge in [-0.2, -0.15) is 5.10 Å². The van der Waals surface area contributed by atoms with E-state index in [1.54, 1.807) is 0 Å². The van der Waals surface area contributed by atoms with E-state index in [0.29, 0.717) is 0 Å². The van der Waals surface area contributed by atoms with E-state index in [9.17, 15) is 4.79 Å². The molecule has 1 N–H and O–H groups in total. The minimum absolute atomic E-state index is 0.145. The number of nitrogens with one attached hydrogen (secondary N) is 1. The molecule has 0 spiro atoms. The first-order chi connectivity index (χ1) is 11.2. The van der Waals surface area contributed by atoms with Crippen molar-refractivity contribution in [2.75, 3.05) is 31.6 Å². The van der Waals surface area contributed by atoms with Crippen LogP contribution in [0.15, 0.2) is 24.5 Å². The van der Waals surface area contributed by atoms with Crippen molar-refractivity contribution in [1.82, 2.24) is 20.1 Å². The summed E-state index contributed by atoms with van der Waals surface area (Å²) < 4.78 is 0. The van der Waals surface area contributed by atoms with Gasteiger partial charge >= 0.3 is 0 Å². The lowest BCUT2D eigenvalue weighted by Gasteiger charge is -2.27. The molecule has 6 nitrogen and oxygen atoms in total. The molecule has 1 saturated heterocycles. The van der Waals surface area contributed by atoms with Gasteiger partial charge in [-0.05, 0) is 43.0 Å². The van der Waals surface area contributed by atoms with Gasteiger partial charge in [0.25, 0.3) is 5.91 Å². The number of carbonyl (C=O) groups is 1. The molecule has 4 rings (SSSR count). The van der Waals surface area contributed by atoms with Gasteiger partial charge < -0.3 is 9.80 Å². The maximum Gasteiger partial charge on any atom is 0.253 e. The molecule has 6 heteroatoms. The van der Waals surface area contributed by atoms with E-state index in [0.717, 1.165) is 49.4 Å². The molecule has 1 unspecified atom stereocenters. The Balaban J connectivity index is 1.67. The van der Waals surface area contributed by atoms with Crippen LogP contribution in [0.2, 0.25) is 0 Å². The Bertz CT molecular complexity index is 706. The molecule has 0 radical (unpaired) electrons. The van der Waals surface area contributed by atoms with Gasteiger partial charge in [-0.1, -0.05) is 0 Å². The van der Waals surface area contributed by atoms with Crippen molar-refractivity contribution in [2.45, 2.75) is 25.2 Å². The first-order valence-electron chi connectivity index (χ1n) is 8.23. The van der Waals surface area contributed by atoms with Crippen LogP contribution < -0.4 is 4.90 Å². The van der Waals surface area contributed by atoms with E-state index in [4.69, 9.17) is 0 Å². The summed E-state index contributed by atoms with van der Waals surface area (Å²) in [5, 5.41) is 6.94. The first-order valence-corrected chi connectivity index (χ1v) is 8.23. The van der Waals surface area contributed by atoms with Crippen LogP contribution in [0.1, 0.15) is 46.9 Å². The number of likely N-dealkylation sites (N-methyl/N-ethyl adjacent to an activating group) is 1. The Morgan fingerprint density at radius 1 is 1.26 bits per heavy atom. The van der Waals surface area contributed by atoms with Gasteiger partial charge in [-0.15, -0.1) is 0 Å². The fourth-order valence-corrected chi connectivity index (χ4v) is 3.68. The Morgan fingerprint density at radius 2 is 2.09 bits per heavy atom. The van der Waals surface area contributed by atoms with Crippen molar-refractivity contribution in [3.8, 4) is 0 Å². The fourth-order valence-electron chi connectivity index (χ4n) is 3.68. The first kappa shape index (κ1) is 14.2. The molecule has 0 bridgehead atoms. The summed E-state index contributed by atoms with van der Waals surface area (Å²) in [5.41, 5.74) is 3.11. The molecule has 0 aliphatic carbocycles. The van der Waals surface area contributed by atoms with Gasteiger partial charge in [-0.3, -0.25) is 9.89 Å². The summed E-state index contributed by atoms with van der Waals surface area (Å²) in [6, 6.07) is 6.06. The van der Waals surface area contributed by atoms with Crippen LogP contribution in [0.3, 0.4) is 0 Å². The SMILES string of the molecule is CN1CC(c2ncn[nH]2)c2cc(C(=O)N3CCCCC3)ccc21. The number of amides is 1. The number of H-pyrrole nitrogens is 1. The van der Waals surface area contributed by atoms with Gasteiger partial charge in [0.2, 0.25) is 0 Å². The number of hydrogen-bond donors (Lipinski definition) is 1. The quantitative estimate of drug-likeness (QED) is 0.921. The normalized spacial score (nSPS) is 20.7. The Morgan fingerprint density at radius 3 is 2.83 bits per heavy atom. The number of aromatic amines is 1. The van der Waals surface area contributed by atoms with Crippen molar-refractivity contribution in [1.29, 1.82) is 0 Å². The Hall–Kier alpha value is -2.37. The highest BCUT2D eigenvalue weighted by atomic mass is 16.2. The highest BCUT2D eigenvalue weighted by Crippen LogP contribution is 2.38. The number of aromatic nitrogens is 3. The zero-order valence-electron chi connectivity index (χ0n) is 13.3. The summed E-state index contributed by atoms with van der Waals surface area (Å²) in [7, 11) is 2.07. The average molecular weight is 311 g/mol. The predicted molar refractivity (Wildman–Crippen MR) is 87.7 cm³/mol. The molecule has 120 valence electrons. The zero-order valence-corrected chi connectivity index (χ0v) is 13.3. The maximum atomic E-state index is 12.8. The van der Waals surface area contributed by atoms with E-state index >= 15 is 0 Å². The van der Waals surface area contributed by atoms with E-state index in [1.165, 1.54) is 18.4 Å². The van der Waals surface area contributed by atoms with Gasteiger partial charge in [0.1, 0.15) is 12.2 Å². The number of carbonyl (C=O) groups excluding carboxylic acids is 1. The highest BCUT2D eigenvalue weighted by molar-refractivity contribution is 5.95. The monoisotopic (exact) mass is 311 g/mol. The van der Waals surface area contributed by atoms with E-state index in [1.807, 2.05) is 17.0 Å². The second kappa shape index (κ2) is 5.68. The molecule has 0 saturated carbocycles. The lowest BCUT2D eigenvalue weighted by molar-refractivity contribution is 0.0724. The third kappa shape index (κ3) is 2.48. The number of benzene rings is 1.